The summed E-state index contributed by atoms with van der Waals surface area (Å²) in [7, 11) is 0. The van der Waals surface area contributed by atoms with Crippen LogP contribution in [-0.2, 0) is 5.41 Å². The van der Waals surface area contributed by atoms with Crippen LogP contribution in [0.1, 0.15) is 25.0 Å². The Morgan fingerprint density at radius 2 is 1.22 bits per heavy atom. The van der Waals surface area contributed by atoms with Gasteiger partial charge in [0.15, 0.2) is 0 Å². The molecule has 0 saturated heterocycles. The van der Waals surface area contributed by atoms with Gasteiger partial charge in [-0.15, -0.1) is 0 Å². The molecular formula is C46H33N3. The van der Waals surface area contributed by atoms with Crippen LogP contribution in [0.2, 0.25) is 0 Å². The Bertz CT molecular complexity index is 2730. The Labute approximate surface area is 285 Å². The summed E-state index contributed by atoms with van der Waals surface area (Å²) in [5.41, 5.74) is 16.6. The smallest absolute Gasteiger partial charge is 0.137 e. The number of para-hydroxylation sites is 2. The van der Waals surface area contributed by atoms with E-state index >= 15 is 0 Å². The standard InChI is InChI=1S/C46H33N3/c1-46(2)38-23-14-22-34(31-17-13-18-32(27-31)45-44(30-15-5-3-6-16-30)47-42-25-11-12-26-48(42)45)43(38)37-28-36-35-21-9-10-24-40(35)49(41(36)29-39(37)46)33-19-7-4-8-20-33/h3-29H,1-2H3. The lowest BCUT2D eigenvalue weighted by Crippen LogP contribution is -2.15. The molecule has 0 N–H and O–H groups in total. The van der Waals surface area contributed by atoms with Crippen LogP contribution in [0.3, 0.4) is 0 Å². The highest BCUT2D eigenvalue weighted by atomic mass is 15.0. The van der Waals surface area contributed by atoms with Gasteiger partial charge in [-0.05, 0) is 81.9 Å². The third-order valence-electron chi connectivity index (χ3n) is 10.5. The molecule has 3 heterocycles. The largest absolute Gasteiger partial charge is 0.309 e. The Morgan fingerprint density at radius 3 is 2.08 bits per heavy atom. The third kappa shape index (κ3) is 4.06. The first kappa shape index (κ1) is 27.9. The lowest BCUT2D eigenvalue weighted by Gasteiger charge is -2.22. The van der Waals surface area contributed by atoms with Gasteiger partial charge in [-0.3, -0.25) is 4.40 Å². The van der Waals surface area contributed by atoms with Crippen molar-refractivity contribution in [1.82, 2.24) is 14.0 Å². The third-order valence-corrected chi connectivity index (χ3v) is 10.5. The molecular weight excluding hydrogens is 595 g/mol. The molecule has 6 aromatic carbocycles. The van der Waals surface area contributed by atoms with Gasteiger partial charge in [0.2, 0.25) is 0 Å². The first-order valence-electron chi connectivity index (χ1n) is 17.0. The predicted molar refractivity (Wildman–Crippen MR) is 203 cm³/mol. The molecule has 0 saturated carbocycles. The topological polar surface area (TPSA) is 22.2 Å². The quantitative estimate of drug-likeness (QED) is 0.190. The molecule has 10 rings (SSSR count). The molecule has 0 spiro atoms. The van der Waals surface area contributed by atoms with E-state index in [4.69, 9.17) is 4.98 Å². The number of benzene rings is 6. The van der Waals surface area contributed by atoms with E-state index in [1.165, 1.54) is 60.9 Å². The number of rotatable bonds is 4. The second-order valence-corrected chi connectivity index (χ2v) is 13.6. The summed E-state index contributed by atoms with van der Waals surface area (Å²) in [6.07, 6.45) is 2.12. The first-order valence-corrected chi connectivity index (χ1v) is 17.0. The van der Waals surface area contributed by atoms with E-state index < -0.39 is 0 Å². The van der Waals surface area contributed by atoms with Crippen LogP contribution in [0.15, 0.2) is 164 Å². The summed E-state index contributed by atoms with van der Waals surface area (Å²) in [4.78, 5) is 5.11. The van der Waals surface area contributed by atoms with Gasteiger partial charge in [0.05, 0.1) is 22.4 Å². The van der Waals surface area contributed by atoms with Gasteiger partial charge in [-0.25, -0.2) is 4.98 Å². The maximum atomic E-state index is 5.11. The maximum Gasteiger partial charge on any atom is 0.137 e. The van der Waals surface area contributed by atoms with Crippen molar-refractivity contribution in [2.45, 2.75) is 19.3 Å². The maximum absolute atomic E-state index is 5.11. The molecule has 0 bridgehead atoms. The van der Waals surface area contributed by atoms with E-state index in [-0.39, 0.29) is 5.41 Å². The second kappa shape index (κ2) is 10.4. The molecule has 0 amide bonds. The van der Waals surface area contributed by atoms with E-state index in [9.17, 15) is 0 Å². The van der Waals surface area contributed by atoms with E-state index in [2.05, 4.69) is 187 Å². The van der Waals surface area contributed by atoms with Gasteiger partial charge < -0.3 is 4.57 Å². The summed E-state index contributed by atoms with van der Waals surface area (Å²) >= 11 is 0. The monoisotopic (exact) mass is 627 g/mol. The average Bonchev–Trinajstić information content (AvgIpc) is 3.77. The van der Waals surface area contributed by atoms with Gasteiger partial charge in [-0.2, -0.15) is 0 Å². The molecule has 1 aliphatic rings. The zero-order valence-electron chi connectivity index (χ0n) is 27.4. The van der Waals surface area contributed by atoms with Crippen LogP contribution < -0.4 is 0 Å². The molecule has 0 unspecified atom stereocenters. The van der Waals surface area contributed by atoms with Crippen LogP contribution >= 0.6 is 0 Å². The molecule has 232 valence electrons. The summed E-state index contributed by atoms with van der Waals surface area (Å²) in [5.74, 6) is 0. The Morgan fingerprint density at radius 1 is 0.510 bits per heavy atom. The van der Waals surface area contributed by atoms with Crippen molar-refractivity contribution in [3.05, 3.63) is 175 Å². The van der Waals surface area contributed by atoms with Gasteiger partial charge >= 0.3 is 0 Å². The van der Waals surface area contributed by atoms with E-state index in [0.717, 1.165) is 28.2 Å². The van der Waals surface area contributed by atoms with Crippen molar-refractivity contribution in [3.8, 4) is 50.5 Å². The van der Waals surface area contributed by atoms with Crippen LogP contribution in [0.4, 0.5) is 0 Å². The highest BCUT2D eigenvalue weighted by Crippen LogP contribution is 2.54. The zero-order valence-corrected chi connectivity index (χ0v) is 27.4. The Kier molecular flexibility index (Phi) is 5.92. The van der Waals surface area contributed by atoms with Crippen LogP contribution in [0, 0.1) is 0 Å². The normalized spacial score (nSPS) is 13.3. The van der Waals surface area contributed by atoms with Crippen LogP contribution in [-0.4, -0.2) is 14.0 Å². The first-order chi connectivity index (χ1) is 24.1. The molecule has 0 radical (unpaired) electrons. The number of imidazole rings is 1. The molecule has 9 aromatic rings. The highest BCUT2D eigenvalue weighted by Gasteiger charge is 2.38. The van der Waals surface area contributed by atoms with Crippen LogP contribution in [0.25, 0.3) is 77.9 Å². The average molecular weight is 628 g/mol. The minimum atomic E-state index is -0.160. The summed E-state index contributed by atoms with van der Waals surface area (Å²) in [5, 5.41) is 2.56. The van der Waals surface area contributed by atoms with Gasteiger partial charge in [0, 0.05) is 39.2 Å². The van der Waals surface area contributed by atoms with Gasteiger partial charge in [-0.1, -0.05) is 123 Å². The van der Waals surface area contributed by atoms with Crippen molar-refractivity contribution in [2.75, 3.05) is 0 Å². The number of aromatic nitrogens is 3. The summed E-state index contributed by atoms with van der Waals surface area (Å²) in [6, 6.07) is 57.1. The fourth-order valence-electron chi connectivity index (χ4n) is 8.25. The molecule has 1 aliphatic carbocycles. The Balaban J connectivity index is 1.21. The predicted octanol–water partition coefficient (Wildman–Crippen LogP) is 11.7. The molecule has 3 nitrogen and oxygen atoms in total. The number of hydrogen-bond donors (Lipinski definition) is 0. The Hall–Kier alpha value is -6.19. The fourth-order valence-corrected chi connectivity index (χ4v) is 8.25. The summed E-state index contributed by atoms with van der Waals surface area (Å²) < 4.78 is 4.64. The lowest BCUT2D eigenvalue weighted by molar-refractivity contribution is 0.661. The van der Waals surface area contributed by atoms with Gasteiger partial charge in [0.25, 0.3) is 0 Å². The molecule has 3 heteroatoms. The summed E-state index contributed by atoms with van der Waals surface area (Å²) in [6.45, 7) is 4.76. The molecule has 0 atom stereocenters. The van der Waals surface area contributed by atoms with Crippen molar-refractivity contribution in [1.29, 1.82) is 0 Å². The zero-order chi connectivity index (χ0) is 32.7. The SMILES string of the molecule is CC1(C)c2cc3c(cc2-c2c(-c4cccc(-c5c(-c6ccccc6)nc6ccccn56)c4)cccc21)c1ccccc1n3-c1ccccc1. The number of pyridine rings is 1. The highest BCUT2D eigenvalue weighted by molar-refractivity contribution is 6.12. The van der Waals surface area contributed by atoms with Crippen molar-refractivity contribution in [3.63, 3.8) is 0 Å². The van der Waals surface area contributed by atoms with Crippen molar-refractivity contribution in [2.24, 2.45) is 0 Å². The number of nitrogens with zero attached hydrogens (tertiary/aromatic N) is 3. The molecule has 3 aromatic heterocycles. The minimum absolute atomic E-state index is 0.160. The number of fused-ring (bicyclic) bond motifs is 7. The molecule has 0 aliphatic heterocycles. The van der Waals surface area contributed by atoms with Gasteiger partial charge in [0.1, 0.15) is 5.65 Å². The lowest BCUT2D eigenvalue weighted by atomic mass is 9.81. The van der Waals surface area contributed by atoms with Crippen molar-refractivity contribution < 1.29 is 0 Å². The molecule has 0 fully saturated rings. The second-order valence-electron chi connectivity index (χ2n) is 13.6. The number of hydrogen-bond acceptors (Lipinski definition) is 1. The minimum Gasteiger partial charge on any atom is -0.309 e. The molecule has 49 heavy (non-hydrogen) atoms. The van der Waals surface area contributed by atoms with Crippen LogP contribution in [0.5, 0.6) is 0 Å². The van der Waals surface area contributed by atoms with Crippen molar-refractivity contribution >= 4 is 27.5 Å². The fraction of sp³-hybridized carbons (Fsp3) is 0.0652. The van der Waals surface area contributed by atoms with E-state index in [0.29, 0.717) is 0 Å². The van der Waals surface area contributed by atoms with E-state index in [1.807, 2.05) is 0 Å². The van der Waals surface area contributed by atoms with E-state index in [1.54, 1.807) is 0 Å².